The second-order valence-corrected chi connectivity index (χ2v) is 4.24. The fourth-order valence-electron chi connectivity index (χ4n) is 1.43. The molecule has 0 heterocycles. The van der Waals surface area contributed by atoms with Crippen LogP contribution in [-0.4, -0.2) is 18.5 Å². The number of hydrogen-bond acceptors (Lipinski definition) is 3. The summed E-state index contributed by atoms with van der Waals surface area (Å²) in [5, 5.41) is 14.7. The molecule has 96 valence electrons. The molecule has 2 N–H and O–H groups in total. The van der Waals surface area contributed by atoms with Crippen molar-refractivity contribution in [3.63, 3.8) is 0 Å². The largest absolute Gasteiger partial charge is 0.385 e. The second kappa shape index (κ2) is 7.33. The summed E-state index contributed by atoms with van der Waals surface area (Å²) < 4.78 is 0. The van der Waals surface area contributed by atoms with Crippen molar-refractivity contribution in [1.29, 1.82) is 5.26 Å². The topological polar surface area (TPSA) is 64.9 Å². The lowest BCUT2D eigenvalue weighted by Crippen LogP contribution is -2.32. The lowest BCUT2D eigenvalue weighted by molar-refractivity contribution is -0.121. The van der Waals surface area contributed by atoms with Crippen molar-refractivity contribution in [3.05, 3.63) is 29.8 Å². The van der Waals surface area contributed by atoms with Gasteiger partial charge in [0.25, 0.3) is 0 Å². The maximum absolute atomic E-state index is 11.5. The Morgan fingerprint density at radius 1 is 1.39 bits per heavy atom. The van der Waals surface area contributed by atoms with Crippen LogP contribution in [0.2, 0.25) is 0 Å². The minimum Gasteiger partial charge on any atom is -0.385 e. The van der Waals surface area contributed by atoms with Crippen LogP contribution in [0.1, 0.15) is 32.3 Å². The summed E-state index contributed by atoms with van der Waals surface area (Å²) in [6.45, 7) is 4.63. The molecule has 0 saturated heterocycles. The standard InChI is InChI=1S/C14H19N3O/c1-3-11(2)17-14(18)8-9-16-13-6-4-12(10-15)5-7-13/h4-7,11,16H,3,8-9H2,1-2H3,(H,17,18). The monoisotopic (exact) mass is 245 g/mol. The number of hydrogen-bond donors (Lipinski definition) is 2. The van der Waals surface area contributed by atoms with Gasteiger partial charge in [-0.15, -0.1) is 0 Å². The highest BCUT2D eigenvalue weighted by atomic mass is 16.1. The number of nitriles is 1. The van der Waals surface area contributed by atoms with Gasteiger partial charge in [-0.3, -0.25) is 4.79 Å². The second-order valence-electron chi connectivity index (χ2n) is 4.24. The minimum atomic E-state index is 0.0606. The number of carbonyl (C=O) groups is 1. The van der Waals surface area contributed by atoms with E-state index in [0.29, 0.717) is 18.5 Å². The normalized spacial score (nSPS) is 11.4. The third kappa shape index (κ3) is 4.88. The summed E-state index contributed by atoms with van der Waals surface area (Å²) in [6, 6.07) is 9.47. The summed E-state index contributed by atoms with van der Waals surface area (Å²) in [7, 11) is 0. The molecule has 0 aliphatic heterocycles. The first kappa shape index (κ1) is 14.0. The van der Waals surface area contributed by atoms with Crippen molar-refractivity contribution in [2.45, 2.75) is 32.7 Å². The first-order chi connectivity index (χ1) is 8.65. The lowest BCUT2D eigenvalue weighted by Gasteiger charge is -2.11. The quantitative estimate of drug-likeness (QED) is 0.808. The molecule has 4 heteroatoms. The van der Waals surface area contributed by atoms with E-state index < -0.39 is 0 Å². The number of anilines is 1. The van der Waals surface area contributed by atoms with Gasteiger partial charge in [-0.2, -0.15) is 5.26 Å². The van der Waals surface area contributed by atoms with Gasteiger partial charge in [-0.25, -0.2) is 0 Å². The van der Waals surface area contributed by atoms with Crippen molar-refractivity contribution >= 4 is 11.6 Å². The van der Waals surface area contributed by atoms with Crippen LogP contribution in [-0.2, 0) is 4.79 Å². The molecule has 0 spiro atoms. The Morgan fingerprint density at radius 2 is 2.06 bits per heavy atom. The van der Waals surface area contributed by atoms with Crippen LogP contribution in [0.25, 0.3) is 0 Å². The molecule has 1 aromatic carbocycles. The highest BCUT2D eigenvalue weighted by Gasteiger charge is 2.04. The Morgan fingerprint density at radius 3 is 2.61 bits per heavy atom. The number of carbonyl (C=O) groups excluding carboxylic acids is 1. The Bertz CT molecular complexity index is 420. The molecule has 0 radical (unpaired) electrons. The zero-order valence-electron chi connectivity index (χ0n) is 10.9. The number of nitrogens with one attached hydrogen (secondary N) is 2. The summed E-state index contributed by atoms with van der Waals surface area (Å²) in [5.74, 6) is 0.0606. The van der Waals surface area contributed by atoms with Crippen LogP contribution in [0.15, 0.2) is 24.3 Å². The summed E-state index contributed by atoms with van der Waals surface area (Å²) >= 11 is 0. The van der Waals surface area contributed by atoms with E-state index >= 15 is 0 Å². The highest BCUT2D eigenvalue weighted by molar-refractivity contribution is 5.76. The summed E-state index contributed by atoms with van der Waals surface area (Å²) in [5.41, 5.74) is 1.56. The van der Waals surface area contributed by atoms with Crippen LogP contribution in [0, 0.1) is 11.3 Å². The van der Waals surface area contributed by atoms with Gasteiger partial charge in [0.15, 0.2) is 0 Å². The molecule has 0 bridgehead atoms. The predicted molar refractivity (Wildman–Crippen MR) is 72.2 cm³/mol. The molecule has 1 unspecified atom stereocenters. The van der Waals surface area contributed by atoms with Gasteiger partial charge in [0.1, 0.15) is 0 Å². The van der Waals surface area contributed by atoms with Gasteiger partial charge in [0.05, 0.1) is 11.6 Å². The highest BCUT2D eigenvalue weighted by Crippen LogP contribution is 2.08. The van der Waals surface area contributed by atoms with Gasteiger partial charge in [0.2, 0.25) is 5.91 Å². The first-order valence-corrected chi connectivity index (χ1v) is 6.19. The number of benzene rings is 1. The predicted octanol–water partition coefficient (Wildman–Crippen LogP) is 2.27. The van der Waals surface area contributed by atoms with Gasteiger partial charge >= 0.3 is 0 Å². The molecule has 0 aromatic heterocycles. The fourth-order valence-corrected chi connectivity index (χ4v) is 1.43. The van der Waals surface area contributed by atoms with E-state index in [-0.39, 0.29) is 11.9 Å². The van der Waals surface area contributed by atoms with Crippen molar-refractivity contribution in [2.75, 3.05) is 11.9 Å². The molecule has 18 heavy (non-hydrogen) atoms. The molecular weight excluding hydrogens is 226 g/mol. The van der Waals surface area contributed by atoms with E-state index in [4.69, 9.17) is 5.26 Å². The van der Waals surface area contributed by atoms with Crippen LogP contribution < -0.4 is 10.6 Å². The van der Waals surface area contributed by atoms with Crippen molar-refractivity contribution in [3.8, 4) is 6.07 Å². The number of rotatable bonds is 6. The molecule has 1 amide bonds. The van der Waals surface area contributed by atoms with E-state index in [1.165, 1.54) is 0 Å². The maximum atomic E-state index is 11.5. The molecule has 1 aromatic rings. The molecular formula is C14H19N3O. The maximum Gasteiger partial charge on any atom is 0.221 e. The zero-order valence-corrected chi connectivity index (χ0v) is 10.9. The Kier molecular flexibility index (Phi) is 5.72. The van der Waals surface area contributed by atoms with Gasteiger partial charge in [-0.1, -0.05) is 6.92 Å². The van der Waals surface area contributed by atoms with Crippen molar-refractivity contribution in [2.24, 2.45) is 0 Å². The number of amides is 1. The van der Waals surface area contributed by atoms with Crippen LogP contribution in [0.4, 0.5) is 5.69 Å². The van der Waals surface area contributed by atoms with E-state index in [1.807, 2.05) is 26.0 Å². The molecule has 0 saturated carbocycles. The molecule has 1 atom stereocenters. The third-order valence-corrected chi connectivity index (χ3v) is 2.71. The molecule has 0 aliphatic rings. The summed E-state index contributed by atoms with van der Waals surface area (Å²) in [6.07, 6.45) is 1.39. The molecule has 0 fully saturated rings. The first-order valence-electron chi connectivity index (χ1n) is 6.19. The zero-order chi connectivity index (χ0) is 13.4. The lowest BCUT2D eigenvalue weighted by atomic mass is 10.2. The van der Waals surface area contributed by atoms with Gasteiger partial charge in [0, 0.05) is 24.7 Å². The average Bonchev–Trinajstić information content (AvgIpc) is 2.39. The van der Waals surface area contributed by atoms with Gasteiger partial charge in [-0.05, 0) is 37.6 Å². The molecule has 4 nitrogen and oxygen atoms in total. The smallest absolute Gasteiger partial charge is 0.221 e. The van der Waals surface area contributed by atoms with E-state index in [1.54, 1.807) is 12.1 Å². The third-order valence-electron chi connectivity index (χ3n) is 2.71. The van der Waals surface area contributed by atoms with Crippen LogP contribution in [0.5, 0.6) is 0 Å². The Balaban J connectivity index is 2.29. The van der Waals surface area contributed by atoms with Crippen LogP contribution in [0.3, 0.4) is 0 Å². The Labute approximate surface area is 108 Å². The van der Waals surface area contributed by atoms with Crippen molar-refractivity contribution < 1.29 is 4.79 Å². The van der Waals surface area contributed by atoms with E-state index in [2.05, 4.69) is 16.7 Å². The SMILES string of the molecule is CCC(C)NC(=O)CCNc1ccc(C#N)cc1. The Hall–Kier alpha value is -2.02. The van der Waals surface area contributed by atoms with Crippen molar-refractivity contribution in [1.82, 2.24) is 5.32 Å². The summed E-state index contributed by atoms with van der Waals surface area (Å²) in [4.78, 5) is 11.5. The van der Waals surface area contributed by atoms with Gasteiger partial charge < -0.3 is 10.6 Å². The number of nitrogens with zero attached hydrogens (tertiary/aromatic N) is 1. The van der Waals surface area contributed by atoms with E-state index in [9.17, 15) is 4.79 Å². The minimum absolute atomic E-state index is 0.0606. The average molecular weight is 245 g/mol. The molecule has 0 aliphatic carbocycles. The molecule has 1 rings (SSSR count). The van der Waals surface area contributed by atoms with Crippen LogP contribution >= 0.6 is 0 Å². The van der Waals surface area contributed by atoms with E-state index in [0.717, 1.165) is 12.1 Å². The fraction of sp³-hybridized carbons (Fsp3) is 0.429.